The number of hydrogen-bond donors (Lipinski definition) is 3. The first-order valence-electron chi connectivity index (χ1n) is 5.63. The molecule has 0 bridgehead atoms. The molecule has 5 N–H and O–H groups in total. The van der Waals surface area contributed by atoms with Gasteiger partial charge < -0.3 is 10.5 Å². The van der Waals surface area contributed by atoms with E-state index >= 15 is 0 Å². The predicted molar refractivity (Wildman–Crippen MR) is 66.5 cm³/mol. The van der Waals surface area contributed by atoms with Crippen LogP contribution in [-0.4, -0.2) is 17.9 Å². The van der Waals surface area contributed by atoms with E-state index in [4.69, 9.17) is 16.3 Å². The summed E-state index contributed by atoms with van der Waals surface area (Å²) in [5, 5.41) is 0. The van der Waals surface area contributed by atoms with Gasteiger partial charge in [0.25, 0.3) is 11.8 Å². The first-order chi connectivity index (χ1) is 8.86. The highest BCUT2D eigenvalue weighted by Crippen LogP contribution is 2.19. The van der Waals surface area contributed by atoms with E-state index in [9.17, 15) is 14.0 Å². The molecule has 1 rings (SSSR count). The van der Waals surface area contributed by atoms with Gasteiger partial charge in [0.1, 0.15) is 11.6 Å². The Labute approximate surface area is 109 Å². The van der Waals surface area contributed by atoms with Crippen molar-refractivity contribution in [3.05, 3.63) is 29.6 Å². The van der Waals surface area contributed by atoms with Crippen molar-refractivity contribution in [1.29, 1.82) is 0 Å². The van der Waals surface area contributed by atoms with Crippen LogP contribution in [0, 0.1) is 11.7 Å². The second kappa shape index (κ2) is 6.14. The summed E-state index contributed by atoms with van der Waals surface area (Å²) in [5.74, 6) is 2.80. The summed E-state index contributed by atoms with van der Waals surface area (Å²) >= 11 is 0. The van der Waals surface area contributed by atoms with Crippen molar-refractivity contribution < 1.29 is 18.7 Å². The first kappa shape index (κ1) is 14.9. The summed E-state index contributed by atoms with van der Waals surface area (Å²) in [7, 11) is 0. The molecule has 6 nitrogen and oxygen atoms in total. The quantitative estimate of drug-likeness (QED) is 0.406. The SMILES string of the molecule is CC(C)C(Oc1ccc(C(N)=O)c(F)c1)C(=O)NN. The van der Waals surface area contributed by atoms with Gasteiger partial charge in [-0.1, -0.05) is 13.8 Å². The lowest BCUT2D eigenvalue weighted by Gasteiger charge is -2.20. The molecule has 0 aliphatic heterocycles. The van der Waals surface area contributed by atoms with E-state index in [1.54, 1.807) is 13.8 Å². The average molecular weight is 269 g/mol. The van der Waals surface area contributed by atoms with Gasteiger partial charge in [-0.05, 0) is 18.1 Å². The lowest BCUT2D eigenvalue weighted by Crippen LogP contribution is -2.44. The molecule has 0 spiro atoms. The van der Waals surface area contributed by atoms with E-state index in [1.165, 1.54) is 12.1 Å². The van der Waals surface area contributed by atoms with Gasteiger partial charge in [-0.3, -0.25) is 15.0 Å². The molecule has 0 heterocycles. The second-order valence-corrected chi connectivity index (χ2v) is 4.30. The average Bonchev–Trinajstić information content (AvgIpc) is 2.34. The van der Waals surface area contributed by atoms with Crippen molar-refractivity contribution in [1.82, 2.24) is 5.43 Å². The minimum absolute atomic E-state index is 0.116. The molecule has 2 amide bonds. The van der Waals surface area contributed by atoms with Crippen molar-refractivity contribution >= 4 is 11.8 Å². The lowest BCUT2D eigenvalue weighted by molar-refractivity contribution is -0.129. The number of carbonyl (C=O) groups excluding carboxylic acids is 2. The monoisotopic (exact) mass is 269 g/mol. The smallest absolute Gasteiger partial charge is 0.275 e. The van der Waals surface area contributed by atoms with Gasteiger partial charge >= 0.3 is 0 Å². The molecule has 0 saturated heterocycles. The molecule has 1 unspecified atom stereocenters. The first-order valence-corrected chi connectivity index (χ1v) is 5.63. The number of primary amides is 1. The van der Waals surface area contributed by atoms with Crippen molar-refractivity contribution in [3.63, 3.8) is 0 Å². The maximum Gasteiger partial charge on any atom is 0.275 e. The predicted octanol–water partition coefficient (Wildman–Crippen LogP) is 0.318. The Kier molecular flexibility index (Phi) is 4.82. The number of amides is 2. The molecule has 1 atom stereocenters. The van der Waals surface area contributed by atoms with E-state index in [0.29, 0.717) is 0 Å². The van der Waals surface area contributed by atoms with E-state index in [0.717, 1.165) is 6.07 Å². The molecule has 19 heavy (non-hydrogen) atoms. The summed E-state index contributed by atoms with van der Waals surface area (Å²) in [6.45, 7) is 3.52. The normalized spacial score (nSPS) is 12.1. The van der Waals surface area contributed by atoms with Crippen LogP contribution in [0.15, 0.2) is 18.2 Å². The standard InChI is InChI=1S/C12H16FN3O3/c1-6(2)10(12(18)16-15)19-7-3-4-8(11(14)17)9(13)5-7/h3-6,10H,15H2,1-2H3,(H2,14,17)(H,16,18). The number of hydrazine groups is 1. The molecule has 7 heteroatoms. The largest absolute Gasteiger partial charge is 0.480 e. The number of nitrogens with two attached hydrogens (primary N) is 2. The number of nitrogens with one attached hydrogen (secondary N) is 1. The van der Waals surface area contributed by atoms with Crippen LogP contribution in [0.3, 0.4) is 0 Å². The zero-order chi connectivity index (χ0) is 14.6. The fourth-order valence-electron chi connectivity index (χ4n) is 1.49. The highest BCUT2D eigenvalue weighted by molar-refractivity contribution is 5.93. The zero-order valence-corrected chi connectivity index (χ0v) is 10.6. The third-order valence-electron chi connectivity index (χ3n) is 2.48. The number of hydrogen-bond acceptors (Lipinski definition) is 4. The van der Waals surface area contributed by atoms with Crippen LogP contribution < -0.4 is 21.7 Å². The molecule has 0 radical (unpaired) electrons. The fourth-order valence-corrected chi connectivity index (χ4v) is 1.49. The molecule has 1 aromatic rings. The molecule has 0 aliphatic carbocycles. The fraction of sp³-hybridized carbons (Fsp3) is 0.333. The van der Waals surface area contributed by atoms with Crippen molar-refractivity contribution in [2.45, 2.75) is 20.0 Å². The second-order valence-electron chi connectivity index (χ2n) is 4.30. The summed E-state index contributed by atoms with van der Waals surface area (Å²) in [6, 6.07) is 3.56. The van der Waals surface area contributed by atoms with Crippen LogP contribution in [0.25, 0.3) is 0 Å². The Bertz CT molecular complexity index is 491. The third-order valence-corrected chi connectivity index (χ3v) is 2.48. The van der Waals surface area contributed by atoms with Gasteiger partial charge in [0.05, 0.1) is 5.56 Å². The Balaban J connectivity index is 2.95. The van der Waals surface area contributed by atoms with E-state index in [-0.39, 0.29) is 17.2 Å². The Morgan fingerprint density at radius 3 is 2.42 bits per heavy atom. The Morgan fingerprint density at radius 1 is 1.37 bits per heavy atom. The van der Waals surface area contributed by atoms with E-state index in [1.807, 2.05) is 5.43 Å². The van der Waals surface area contributed by atoms with Crippen LogP contribution >= 0.6 is 0 Å². The van der Waals surface area contributed by atoms with Crippen molar-refractivity contribution in [2.75, 3.05) is 0 Å². The molecule has 0 saturated carbocycles. The minimum Gasteiger partial charge on any atom is -0.480 e. The van der Waals surface area contributed by atoms with Gasteiger partial charge in [-0.15, -0.1) is 0 Å². The maximum atomic E-state index is 13.5. The van der Waals surface area contributed by atoms with Gasteiger partial charge in [0.15, 0.2) is 6.10 Å². The lowest BCUT2D eigenvalue weighted by atomic mass is 10.1. The van der Waals surface area contributed by atoms with E-state index < -0.39 is 23.7 Å². The van der Waals surface area contributed by atoms with Crippen molar-refractivity contribution in [2.24, 2.45) is 17.5 Å². The minimum atomic E-state index is -0.871. The van der Waals surface area contributed by atoms with Gasteiger partial charge in [-0.25, -0.2) is 10.2 Å². The molecule has 0 aromatic heterocycles. The number of halogens is 1. The summed E-state index contributed by atoms with van der Waals surface area (Å²) in [5.41, 5.74) is 6.72. The molecule has 1 aromatic carbocycles. The molecular weight excluding hydrogens is 253 g/mol. The molecule has 0 fully saturated rings. The highest BCUT2D eigenvalue weighted by atomic mass is 19.1. The molecular formula is C12H16FN3O3. The summed E-state index contributed by atoms with van der Waals surface area (Å²) < 4.78 is 18.9. The molecule has 0 aliphatic rings. The Morgan fingerprint density at radius 2 is 2.00 bits per heavy atom. The topological polar surface area (TPSA) is 107 Å². The number of carbonyl (C=O) groups is 2. The molecule has 104 valence electrons. The number of rotatable bonds is 5. The summed E-state index contributed by atoms with van der Waals surface area (Å²) in [4.78, 5) is 22.4. The van der Waals surface area contributed by atoms with Crippen LogP contribution in [0.1, 0.15) is 24.2 Å². The van der Waals surface area contributed by atoms with Crippen molar-refractivity contribution in [3.8, 4) is 5.75 Å². The van der Waals surface area contributed by atoms with E-state index in [2.05, 4.69) is 0 Å². The van der Waals surface area contributed by atoms with Gasteiger partial charge in [0, 0.05) is 6.07 Å². The van der Waals surface area contributed by atoms with Crippen LogP contribution in [-0.2, 0) is 4.79 Å². The van der Waals surface area contributed by atoms with Crippen LogP contribution in [0.2, 0.25) is 0 Å². The number of benzene rings is 1. The highest BCUT2D eigenvalue weighted by Gasteiger charge is 2.24. The Hall–Kier alpha value is -2.15. The van der Waals surface area contributed by atoms with Gasteiger partial charge in [-0.2, -0.15) is 0 Å². The zero-order valence-electron chi connectivity index (χ0n) is 10.6. The van der Waals surface area contributed by atoms with Gasteiger partial charge in [0.2, 0.25) is 0 Å². The summed E-state index contributed by atoms with van der Waals surface area (Å²) in [6.07, 6.45) is -0.858. The maximum absolute atomic E-state index is 13.5. The number of ether oxygens (including phenoxy) is 1. The third kappa shape index (κ3) is 3.65. The van der Waals surface area contributed by atoms with Crippen LogP contribution in [0.4, 0.5) is 4.39 Å². The van der Waals surface area contributed by atoms with Crippen LogP contribution in [0.5, 0.6) is 5.75 Å².